The largest absolute Gasteiger partial charge is 0.326 e. The van der Waals surface area contributed by atoms with Crippen LogP contribution in [0.15, 0.2) is 36.9 Å². The molecule has 0 fully saturated rings. The molecule has 0 unspecified atom stereocenters. The predicted molar refractivity (Wildman–Crippen MR) is 77.3 cm³/mol. The first-order valence-electron chi connectivity index (χ1n) is 5.76. The van der Waals surface area contributed by atoms with Crippen molar-refractivity contribution in [3.8, 4) is 11.4 Å². The first-order valence-corrected chi connectivity index (χ1v) is 6.17. The molecule has 1 aromatic heterocycles. The van der Waals surface area contributed by atoms with Crippen molar-refractivity contribution in [2.75, 3.05) is 5.32 Å². The van der Waals surface area contributed by atoms with E-state index in [2.05, 4.69) is 22.1 Å². The van der Waals surface area contributed by atoms with E-state index in [9.17, 15) is 4.79 Å². The summed E-state index contributed by atoms with van der Waals surface area (Å²) >= 11 is 5.16. The van der Waals surface area contributed by atoms with Gasteiger partial charge < -0.3 is 5.32 Å². The maximum absolute atomic E-state index is 11.0. The van der Waals surface area contributed by atoms with Gasteiger partial charge in [0, 0.05) is 24.7 Å². The van der Waals surface area contributed by atoms with E-state index in [1.807, 2.05) is 28.8 Å². The van der Waals surface area contributed by atoms with Gasteiger partial charge in [0.05, 0.1) is 0 Å². The minimum absolute atomic E-state index is 0.0953. The van der Waals surface area contributed by atoms with Gasteiger partial charge in [-0.25, -0.2) is 0 Å². The Kier molecular flexibility index (Phi) is 3.91. The smallest absolute Gasteiger partial charge is 0.221 e. The summed E-state index contributed by atoms with van der Waals surface area (Å²) in [5, 5.41) is 9.69. The number of amides is 1. The summed E-state index contributed by atoms with van der Waals surface area (Å²) in [6, 6.07) is 7.42. The molecule has 0 aliphatic carbocycles. The lowest BCUT2D eigenvalue weighted by Crippen LogP contribution is -2.05. The van der Waals surface area contributed by atoms with Crippen molar-refractivity contribution >= 4 is 23.8 Å². The zero-order valence-electron chi connectivity index (χ0n) is 10.5. The van der Waals surface area contributed by atoms with Gasteiger partial charge in [-0.15, -0.1) is 6.58 Å². The van der Waals surface area contributed by atoms with Gasteiger partial charge >= 0.3 is 0 Å². The number of anilines is 1. The van der Waals surface area contributed by atoms with Crippen molar-refractivity contribution in [3.63, 3.8) is 0 Å². The molecule has 0 aliphatic rings. The molecular weight excluding hydrogens is 260 g/mol. The van der Waals surface area contributed by atoms with Crippen molar-refractivity contribution in [1.82, 2.24) is 14.8 Å². The Morgan fingerprint density at radius 3 is 2.79 bits per heavy atom. The van der Waals surface area contributed by atoms with Crippen molar-refractivity contribution < 1.29 is 4.79 Å². The molecule has 1 aromatic carbocycles. The highest BCUT2D eigenvalue weighted by Gasteiger charge is 2.07. The molecule has 0 saturated carbocycles. The number of H-pyrrole nitrogens is 1. The van der Waals surface area contributed by atoms with Crippen molar-refractivity contribution in [3.05, 3.63) is 41.7 Å². The van der Waals surface area contributed by atoms with Crippen LogP contribution in [-0.4, -0.2) is 20.7 Å². The Bertz CT molecular complexity index is 654. The van der Waals surface area contributed by atoms with Crippen LogP contribution in [0.25, 0.3) is 11.4 Å². The highest BCUT2D eigenvalue weighted by atomic mass is 32.1. The van der Waals surface area contributed by atoms with Crippen molar-refractivity contribution in [1.29, 1.82) is 0 Å². The van der Waals surface area contributed by atoms with E-state index in [0.717, 1.165) is 17.1 Å². The Labute approximate surface area is 116 Å². The fourth-order valence-electron chi connectivity index (χ4n) is 1.74. The Morgan fingerprint density at radius 1 is 1.53 bits per heavy atom. The Balaban J connectivity index is 2.34. The molecule has 0 radical (unpaired) electrons. The summed E-state index contributed by atoms with van der Waals surface area (Å²) in [4.78, 5) is 11.0. The maximum Gasteiger partial charge on any atom is 0.221 e. The highest BCUT2D eigenvalue weighted by molar-refractivity contribution is 7.71. The summed E-state index contributed by atoms with van der Waals surface area (Å²) in [5.41, 5.74) is 1.67. The molecule has 0 saturated heterocycles. The predicted octanol–water partition coefficient (Wildman–Crippen LogP) is 2.75. The third kappa shape index (κ3) is 2.97. The molecule has 2 rings (SSSR count). The van der Waals surface area contributed by atoms with Crippen molar-refractivity contribution in [2.24, 2.45) is 0 Å². The molecule has 2 aromatic rings. The van der Waals surface area contributed by atoms with Crippen LogP contribution in [-0.2, 0) is 11.3 Å². The normalized spacial score (nSPS) is 10.2. The number of allylic oxidation sites excluding steroid dienone is 1. The molecule has 1 heterocycles. The van der Waals surface area contributed by atoms with E-state index in [1.54, 1.807) is 6.08 Å². The molecule has 0 atom stereocenters. The summed E-state index contributed by atoms with van der Waals surface area (Å²) < 4.78 is 2.41. The van der Waals surface area contributed by atoms with Crippen LogP contribution < -0.4 is 5.32 Å². The van der Waals surface area contributed by atoms with Gasteiger partial charge in [-0.1, -0.05) is 6.08 Å². The van der Waals surface area contributed by atoms with E-state index in [1.165, 1.54) is 6.92 Å². The van der Waals surface area contributed by atoms with Crippen LogP contribution in [0.4, 0.5) is 5.69 Å². The number of carbonyl (C=O) groups is 1. The van der Waals surface area contributed by atoms with Gasteiger partial charge in [0.2, 0.25) is 5.91 Å². The second-order valence-corrected chi connectivity index (χ2v) is 4.40. The van der Waals surface area contributed by atoms with Gasteiger partial charge in [0.1, 0.15) is 0 Å². The Hall–Kier alpha value is -2.21. The van der Waals surface area contributed by atoms with E-state index in [0.29, 0.717) is 11.3 Å². The van der Waals surface area contributed by atoms with E-state index in [4.69, 9.17) is 12.2 Å². The molecule has 98 valence electrons. The molecule has 2 N–H and O–H groups in total. The number of nitrogens with one attached hydrogen (secondary N) is 2. The van der Waals surface area contributed by atoms with Crippen LogP contribution in [0.5, 0.6) is 0 Å². The lowest BCUT2D eigenvalue weighted by molar-refractivity contribution is -0.114. The van der Waals surface area contributed by atoms with E-state index >= 15 is 0 Å². The molecule has 0 aliphatic heterocycles. The SMILES string of the molecule is C=CCn1c(-c2ccc(NC(C)=O)cc2)n[nH]c1=S. The first kappa shape index (κ1) is 13.2. The number of hydrogen-bond acceptors (Lipinski definition) is 3. The summed E-state index contributed by atoms with van der Waals surface area (Å²) in [6.07, 6.45) is 1.76. The fraction of sp³-hybridized carbons (Fsp3) is 0.154. The average Bonchev–Trinajstić information content (AvgIpc) is 2.72. The third-order valence-corrected chi connectivity index (χ3v) is 2.85. The summed E-state index contributed by atoms with van der Waals surface area (Å²) in [5.74, 6) is 0.654. The molecule has 6 heteroatoms. The highest BCUT2D eigenvalue weighted by Crippen LogP contribution is 2.19. The maximum atomic E-state index is 11.0. The number of aromatic nitrogens is 3. The van der Waals surface area contributed by atoms with Crippen LogP contribution in [0.2, 0.25) is 0 Å². The number of hydrogen-bond donors (Lipinski definition) is 2. The van der Waals surface area contributed by atoms with Crippen molar-refractivity contribution in [2.45, 2.75) is 13.5 Å². The number of benzene rings is 1. The molecule has 19 heavy (non-hydrogen) atoms. The summed E-state index contributed by atoms with van der Waals surface area (Å²) in [6.45, 7) is 5.77. The fourth-order valence-corrected chi connectivity index (χ4v) is 1.95. The standard InChI is InChI=1S/C13H14N4OS/c1-3-8-17-12(15-16-13(17)19)10-4-6-11(7-5-10)14-9(2)18/h3-7H,1,8H2,2H3,(H,14,18)(H,16,19). The average molecular weight is 274 g/mol. The van der Waals surface area contributed by atoms with Gasteiger partial charge in [-0.3, -0.25) is 14.5 Å². The first-order chi connectivity index (χ1) is 9.11. The van der Waals surface area contributed by atoms with Crippen LogP contribution in [0.3, 0.4) is 0 Å². The molecule has 1 amide bonds. The topological polar surface area (TPSA) is 62.7 Å². The van der Waals surface area contributed by atoms with Crippen LogP contribution in [0, 0.1) is 4.77 Å². The lowest BCUT2D eigenvalue weighted by atomic mass is 10.2. The van der Waals surface area contributed by atoms with Gasteiger partial charge in [0.15, 0.2) is 10.6 Å². The van der Waals surface area contributed by atoms with Crippen LogP contribution >= 0.6 is 12.2 Å². The molecule has 0 spiro atoms. The van der Waals surface area contributed by atoms with Gasteiger partial charge in [0.25, 0.3) is 0 Å². The molecular formula is C13H14N4OS. The Morgan fingerprint density at radius 2 is 2.21 bits per heavy atom. The minimum Gasteiger partial charge on any atom is -0.326 e. The lowest BCUT2D eigenvalue weighted by Gasteiger charge is -2.05. The number of rotatable bonds is 4. The van der Waals surface area contributed by atoms with E-state index < -0.39 is 0 Å². The van der Waals surface area contributed by atoms with Gasteiger partial charge in [-0.05, 0) is 36.5 Å². The third-order valence-electron chi connectivity index (χ3n) is 2.53. The van der Waals surface area contributed by atoms with E-state index in [-0.39, 0.29) is 5.91 Å². The zero-order valence-corrected chi connectivity index (χ0v) is 11.3. The minimum atomic E-state index is -0.0953. The molecule has 0 bridgehead atoms. The monoisotopic (exact) mass is 274 g/mol. The van der Waals surface area contributed by atoms with Crippen LogP contribution in [0.1, 0.15) is 6.92 Å². The van der Waals surface area contributed by atoms with Gasteiger partial charge in [-0.2, -0.15) is 5.10 Å². The number of aromatic amines is 1. The number of nitrogens with zero attached hydrogens (tertiary/aromatic N) is 2. The number of carbonyl (C=O) groups excluding carboxylic acids is 1. The molecule has 5 nitrogen and oxygen atoms in total. The quantitative estimate of drug-likeness (QED) is 0.665. The zero-order chi connectivity index (χ0) is 13.8. The summed E-state index contributed by atoms with van der Waals surface area (Å²) in [7, 11) is 0. The second kappa shape index (κ2) is 5.62. The second-order valence-electron chi connectivity index (χ2n) is 4.01.